The summed E-state index contributed by atoms with van der Waals surface area (Å²) in [5.74, 6) is 1.75. The molecule has 0 saturated carbocycles. The second-order valence-corrected chi connectivity index (χ2v) is 7.72. The molecule has 2 nitrogen and oxygen atoms in total. The minimum absolute atomic E-state index is 0.0180. The Balaban J connectivity index is 0.00000141. The van der Waals surface area contributed by atoms with Gasteiger partial charge >= 0.3 is 0 Å². The van der Waals surface area contributed by atoms with Gasteiger partial charge in [-0.05, 0) is 18.3 Å². The Bertz CT molecular complexity index is 496. The van der Waals surface area contributed by atoms with E-state index in [2.05, 4.69) is 67.2 Å². The van der Waals surface area contributed by atoms with Gasteiger partial charge in [-0.15, -0.1) is 0 Å². The number of hydrogen-bond acceptors (Lipinski definition) is 2. The van der Waals surface area contributed by atoms with Crippen LogP contribution in [0.5, 0.6) is 11.5 Å². The Morgan fingerprint density at radius 2 is 1.31 bits per heavy atom. The monoisotopic (exact) mass is 362 g/mol. The first-order valence-electron chi connectivity index (χ1n) is 10.4. The smallest absolute Gasteiger partial charge is 0.168 e. The molecule has 0 saturated heterocycles. The van der Waals surface area contributed by atoms with E-state index < -0.39 is 0 Å². The summed E-state index contributed by atoms with van der Waals surface area (Å²) in [4.78, 5) is 0. The maximum Gasteiger partial charge on any atom is 0.168 e. The minimum Gasteiger partial charge on any atom is -0.489 e. The number of benzene rings is 1. The third-order valence-electron chi connectivity index (χ3n) is 4.16. The third kappa shape index (κ3) is 8.78. The van der Waals surface area contributed by atoms with Crippen LogP contribution in [0.3, 0.4) is 0 Å². The lowest BCUT2D eigenvalue weighted by Crippen LogP contribution is -2.15. The lowest BCUT2D eigenvalue weighted by molar-refractivity contribution is 0.256. The van der Waals surface area contributed by atoms with Crippen molar-refractivity contribution in [3.8, 4) is 11.5 Å². The Hall–Kier alpha value is -1.44. The molecule has 2 heteroatoms. The number of hydrogen-bond donors (Lipinski definition) is 0. The van der Waals surface area contributed by atoms with Crippen LogP contribution in [-0.2, 0) is 5.41 Å². The molecule has 0 amide bonds. The van der Waals surface area contributed by atoms with E-state index in [4.69, 9.17) is 9.47 Å². The molecule has 1 aromatic carbocycles. The molecule has 0 bridgehead atoms. The van der Waals surface area contributed by atoms with E-state index in [1.165, 1.54) is 18.4 Å². The Morgan fingerprint density at radius 3 is 1.69 bits per heavy atom. The summed E-state index contributed by atoms with van der Waals surface area (Å²) in [7, 11) is 0. The van der Waals surface area contributed by atoms with Gasteiger partial charge in [-0.25, -0.2) is 0 Å². The predicted molar refractivity (Wildman–Crippen MR) is 117 cm³/mol. The van der Waals surface area contributed by atoms with Crippen molar-refractivity contribution in [2.75, 3.05) is 13.2 Å². The maximum absolute atomic E-state index is 6.14. The molecule has 0 radical (unpaired) electrons. The molecule has 26 heavy (non-hydrogen) atoms. The molecular weight excluding hydrogens is 320 g/mol. The van der Waals surface area contributed by atoms with E-state index >= 15 is 0 Å². The van der Waals surface area contributed by atoms with Crippen LogP contribution >= 0.6 is 0 Å². The minimum atomic E-state index is 0.0180. The highest BCUT2D eigenvalue weighted by molar-refractivity contribution is 5.64. The number of ether oxygens (including phenoxy) is 2. The van der Waals surface area contributed by atoms with Gasteiger partial charge in [-0.3, -0.25) is 0 Å². The lowest BCUT2D eigenvalue weighted by atomic mass is 9.85. The highest BCUT2D eigenvalue weighted by Crippen LogP contribution is 2.41. The van der Waals surface area contributed by atoms with Crippen LogP contribution in [0.15, 0.2) is 18.7 Å². The zero-order chi connectivity index (χ0) is 20.0. The lowest BCUT2D eigenvalue weighted by Gasteiger charge is -2.26. The van der Waals surface area contributed by atoms with Crippen LogP contribution < -0.4 is 9.47 Å². The molecule has 0 aliphatic heterocycles. The fraction of sp³-hybridized carbons (Fsp3) is 0.667. The molecule has 0 aliphatic rings. The largest absolute Gasteiger partial charge is 0.489 e. The molecule has 150 valence electrons. The molecule has 1 aromatic rings. The van der Waals surface area contributed by atoms with Gasteiger partial charge in [0.15, 0.2) is 11.5 Å². The van der Waals surface area contributed by atoms with Gasteiger partial charge in [0, 0.05) is 11.1 Å². The molecule has 0 fully saturated rings. The summed E-state index contributed by atoms with van der Waals surface area (Å²) in [5.41, 5.74) is 2.22. The number of rotatable bonds is 10. The van der Waals surface area contributed by atoms with Crippen molar-refractivity contribution in [1.82, 2.24) is 0 Å². The van der Waals surface area contributed by atoms with Gasteiger partial charge in [-0.2, -0.15) is 0 Å². The second-order valence-electron chi connectivity index (χ2n) is 7.72. The van der Waals surface area contributed by atoms with Crippen molar-refractivity contribution in [3.63, 3.8) is 0 Å². The topological polar surface area (TPSA) is 18.5 Å². The quantitative estimate of drug-likeness (QED) is 0.395. The van der Waals surface area contributed by atoms with E-state index in [9.17, 15) is 0 Å². The van der Waals surface area contributed by atoms with Crippen molar-refractivity contribution in [1.29, 1.82) is 0 Å². The van der Waals surface area contributed by atoms with Crippen LogP contribution in [0, 0.1) is 0 Å². The highest BCUT2D eigenvalue weighted by atomic mass is 16.5. The summed E-state index contributed by atoms with van der Waals surface area (Å²) in [5, 5.41) is 0. The summed E-state index contributed by atoms with van der Waals surface area (Å²) in [6.07, 6.45) is 8.83. The summed E-state index contributed by atoms with van der Waals surface area (Å²) in [6.45, 7) is 20.7. The first-order chi connectivity index (χ1) is 12.4. The predicted octanol–water partition coefficient (Wildman–Crippen LogP) is 7.79. The van der Waals surface area contributed by atoms with Crippen LogP contribution in [0.2, 0.25) is 0 Å². The molecule has 1 rings (SSSR count). The Kier molecular flexibility index (Phi) is 13.0. The van der Waals surface area contributed by atoms with E-state index in [-0.39, 0.29) is 5.41 Å². The highest BCUT2D eigenvalue weighted by Gasteiger charge is 2.24. The van der Waals surface area contributed by atoms with Crippen molar-refractivity contribution in [2.45, 2.75) is 92.4 Å². The van der Waals surface area contributed by atoms with Crippen molar-refractivity contribution in [2.24, 2.45) is 0 Å². The van der Waals surface area contributed by atoms with Crippen molar-refractivity contribution >= 4 is 6.08 Å². The number of unbranched alkanes of at least 4 members (excludes halogenated alkanes) is 3. The normalized spacial score (nSPS) is 10.7. The zero-order valence-electron chi connectivity index (χ0n) is 18.4. The van der Waals surface area contributed by atoms with Crippen LogP contribution in [-0.4, -0.2) is 13.2 Å². The Labute approximate surface area is 163 Å². The van der Waals surface area contributed by atoms with E-state index in [0.29, 0.717) is 0 Å². The Morgan fingerprint density at radius 1 is 0.808 bits per heavy atom. The summed E-state index contributed by atoms with van der Waals surface area (Å²) in [6, 6.07) is 4.23. The first kappa shape index (κ1) is 24.6. The van der Waals surface area contributed by atoms with Crippen molar-refractivity contribution < 1.29 is 9.47 Å². The second kappa shape index (κ2) is 13.7. The molecule has 0 spiro atoms. The zero-order valence-corrected chi connectivity index (χ0v) is 18.4. The van der Waals surface area contributed by atoms with Crippen LogP contribution in [0.25, 0.3) is 6.08 Å². The van der Waals surface area contributed by atoms with E-state index in [1.807, 2.05) is 6.08 Å². The van der Waals surface area contributed by atoms with E-state index in [0.717, 1.165) is 56.0 Å². The van der Waals surface area contributed by atoms with Gasteiger partial charge < -0.3 is 9.47 Å². The van der Waals surface area contributed by atoms with E-state index in [1.54, 1.807) is 0 Å². The van der Waals surface area contributed by atoms with Crippen molar-refractivity contribution in [3.05, 3.63) is 29.8 Å². The molecular formula is C24H42O2. The first-order valence-corrected chi connectivity index (χ1v) is 10.4. The SMILES string of the molecule is C=Cc1ccc(C(C)(C)C)c(OCCCC)c1OCCCC.CCCC. The van der Waals surface area contributed by atoms with Gasteiger partial charge in [0.25, 0.3) is 0 Å². The average molecular weight is 363 g/mol. The maximum atomic E-state index is 6.14. The average Bonchev–Trinajstić information content (AvgIpc) is 2.61. The molecule has 0 unspecified atom stereocenters. The summed E-state index contributed by atoms with van der Waals surface area (Å²) >= 11 is 0. The van der Waals surface area contributed by atoms with Gasteiger partial charge in [0.1, 0.15) is 0 Å². The fourth-order valence-electron chi connectivity index (χ4n) is 2.26. The summed E-state index contributed by atoms with van der Waals surface area (Å²) < 4.78 is 12.2. The van der Waals surface area contributed by atoms with Crippen LogP contribution in [0.1, 0.15) is 98.1 Å². The molecule has 0 heterocycles. The molecule has 0 atom stereocenters. The van der Waals surface area contributed by atoms with Crippen LogP contribution in [0.4, 0.5) is 0 Å². The standard InChI is InChI=1S/C20H32O2.C4H10/c1-7-10-14-21-18-16(9-3)12-13-17(20(4,5)6)19(18)22-15-11-8-2;1-3-4-2/h9,12-13H,3,7-8,10-11,14-15H2,1-2,4-6H3;3-4H2,1-2H3. The van der Waals surface area contributed by atoms with Gasteiger partial charge in [-0.1, -0.05) is 98.9 Å². The van der Waals surface area contributed by atoms with Gasteiger partial charge in [0.2, 0.25) is 0 Å². The third-order valence-corrected chi connectivity index (χ3v) is 4.16. The fourth-order valence-corrected chi connectivity index (χ4v) is 2.26. The molecule has 0 N–H and O–H groups in total. The van der Waals surface area contributed by atoms with Gasteiger partial charge in [0.05, 0.1) is 13.2 Å². The molecule has 0 aliphatic carbocycles. The molecule has 0 aromatic heterocycles.